The van der Waals surface area contributed by atoms with E-state index in [9.17, 15) is 18.3 Å². The number of halogens is 3. The molecule has 33 heavy (non-hydrogen) atoms. The SMILES string of the molecule is Oc1ccc(-c2ccc(OC(F)(F)F)cc2)cc1Oc1ccc(OCc2ccccc2)cc1. The van der Waals surface area contributed by atoms with Crippen LogP contribution in [0.4, 0.5) is 13.2 Å². The summed E-state index contributed by atoms with van der Waals surface area (Å²) in [7, 11) is 0. The van der Waals surface area contributed by atoms with Gasteiger partial charge in [0.1, 0.15) is 23.9 Å². The van der Waals surface area contributed by atoms with Gasteiger partial charge in [-0.3, -0.25) is 0 Å². The minimum atomic E-state index is -4.75. The van der Waals surface area contributed by atoms with Crippen LogP contribution in [0.3, 0.4) is 0 Å². The monoisotopic (exact) mass is 452 g/mol. The van der Waals surface area contributed by atoms with Crippen LogP contribution >= 0.6 is 0 Å². The van der Waals surface area contributed by atoms with E-state index in [-0.39, 0.29) is 17.2 Å². The predicted octanol–water partition coefficient (Wildman–Crippen LogP) is 7.33. The molecule has 7 heteroatoms. The lowest BCUT2D eigenvalue weighted by molar-refractivity contribution is -0.274. The Morgan fingerprint density at radius 2 is 1.27 bits per heavy atom. The largest absolute Gasteiger partial charge is 0.573 e. The molecule has 0 bridgehead atoms. The van der Waals surface area contributed by atoms with Crippen LogP contribution in [-0.4, -0.2) is 11.5 Å². The number of hydrogen-bond acceptors (Lipinski definition) is 4. The second-order valence-electron chi connectivity index (χ2n) is 7.10. The molecule has 0 saturated carbocycles. The number of benzene rings is 4. The van der Waals surface area contributed by atoms with Crippen LogP contribution in [0, 0.1) is 0 Å². The molecule has 168 valence electrons. The summed E-state index contributed by atoms with van der Waals surface area (Å²) in [6.45, 7) is 0.441. The van der Waals surface area contributed by atoms with E-state index >= 15 is 0 Å². The molecule has 4 nitrogen and oxygen atoms in total. The molecule has 0 aromatic heterocycles. The summed E-state index contributed by atoms with van der Waals surface area (Å²) in [6.07, 6.45) is -4.75. The first-order valence-corrected chi connectivity index (χ1v) is 9.99. The zero-order valence-electron chi connectivity index (χ0n) is 17.3. The number of hydrogen-bond donors (Lipinski definition) is 1. The van der Waals surface area contributed by atoms with E-state index in [1.807, 2.05) is 30.3 Å². The summed E-state index contributed by atoms with van der Waals surface area (Å²) in [5.41, 5.74) is 2.35. The van der Waals surface area contributed by atoms with Crippen LogP contribution < -0.4 is 14.2 Å². The molecule has 0 spiro atoms. The number of phenolic OH excluding ortho intramolecular Hbond substituents is 1. The maximum atomic E-state index is 12.3. The van der Waals surface area contributed by atoms with Crippen molar-refractivity contribution in [2.45, 2.75) is 13.0 Å². The number of aromatic hydroxyl groups is 1. The van der Waals surface area contributed by atoms with Crippen molar-refractivity contribution in [3.63, 3.8) is 0 Å². The van der Waals surface area contributed by atoms with Gasteiger partial charge in [0.15, 0.2) is 11.5 Å². The molecule has 1 N–H and O–H groups in total. The quantitative estimate of drug-likeness (QED) is 0.319. The highest BCUT2D eigenvalue weighted by Gasteiger charge is 2.30. The molecule has 0 aliphatic carbocycles. The average Bonchev–Trinajstić information content (AvgIpc) is 2.80. The zero-order chi connectivity index (χ0) is 23.3. The highest BCUT2D eigenvalue weighted by atomic mass is 19.4. The molecule has 0 fully saturated rings. The Kier molecular flexibility index (Phi) is 6.40. The summed E-state index contributed by atoms with van der Waals surface area (Å²) >= 11 is 0. The second-order valence-corrected chi connectivity index (χ2v) is 7.10. The fourth-order valence-corrected chi connectivity index (χ4v) is 3.10. The Balaban J connectivity index is 1.43. The van der Waals surface area contributed by atoms with Gasteiger partial charge >= 0.3 is 6.36 Å². The molecule has 0 saturated heterocycles. The molecular formula is C26H19F3O4. The molecule has 4 aromatic rings. The third-order valence-corrected chi connectivity index (χ3v) is 4.68. The summed E-state index contributed by atoms with van der Waals surface area (Å²) in [6, 6.07) is 26.9. The lowest BCUT2D eigenvalue weighted by Gasteiger charge is -2.12. The van der Waals surface area contributed by atoms with Crippen molar-refractivity contribution >= 4 is 0 Å². The standard InChI is InChI=1S/C26H19F3O4/c27-26(28,29)33-23-9-6-19(7-10-23)20-8-15-24(30)25(16-20)32-22-13-11-21(12-14-22)31-17-18-4-2-1-3-5-18/h1-16,30H,17H2. The Hall–Kier alpha value is -4.13. The van der Waals surface area contributed by atoms with E-state index < -0.39 is 6.36 Å². The summed E-state index contributed by atoms with van der Waals surface area (Å²) in [4.78, 5) is 0. The van der Waals surface area contributed by atoms with Crippen molar-refractivity contribution in [1.82, 2.24) is 0 Å². The van der Waals surface area contributed by atoms with Crippen LogP contribution in [-0.2, 0) is 6.61 Å². The molecule has 0 atom stereocenters. The van der Waals surface area contributed by atoms with E-state index in [0.717, 1.165) is 5.56 Å². The number of alkyl halides is 3. The molecule has 0 aliphatic rings. The second kappa shape index (κ2) is 9.56. The van der Waals surface area contributed by atoms with Gasteiger partial charge in [0.05, 0.1) is 0 Å². The van der Waals surface area contributed by atoms with Crippen molar-refractivity contribution in [2.75, 3.05) is 0 Å². The van der Waals surface area contributed by atoms with Gasteiger partial charge in [-0.1, -0.05) is 48.5 Å². The van der Waals surface area contributed by atoms with Crippen molar-refractivity contribution in [1.29, 1.82) is 0 Å². The highest BCUT2D eigenvalue weighted by molar-refractivity contribution is 5.68. The normalized spacial score (nSPS) is 11.1. The van der Waals surface area contributed by atoms with Crippen LogP contribution in [0.15, 0.2) is 97.1 Å². The smallest absolute Gasteiger partial charge is 0.504 e. The molecule has 4 rings (SSSR count). The summed E-state index contributed by atoms with van der Waals surface area (Å²) < 4.78 is 52.5. The number of phenols is 1. The maximum Gasteiger partial charge on any atom is 0.573 e. The minimum Gasteiger partial charge on any atom is -0.504 e. The van der Waals surface area contributed by atoms with Crippen LogP contribution in [0.25, 0.3) is 11.1 Å². The van der Waals surface area contributed by atoms with Gasteiger partial charge in [-0.15, -0.1) is 13.2 Å². The maximum absolute atomic E-state index is 12.3. The first kappa shape index (κ1) is 22.1. The zero-order valence-corrected chi connectivity index (χ0v) is 17.3. The van der Waals surface area contributed by atoms with Crippen LogP contribution in [0.1, 0.15) is 5.56 Å². The van der Waals surface area contributed by atoms with Crippen LogP contribution in [0.5, 0.6) is 28.7 Å². The first-order valence-electron chi connectivity index (χ1n) is 9.99. The van der Waals surface area contributed by atoms with Gasteiger partial charge in [-0.2, -0.15) is 0 Å². The van der Waals surface area contributed by atoms with Gasteiger partial charge in [-0.25, -0.2) is 0 Å². The van der Waals surface area contributed by atoms with Gasteiger partial charge in [0, 0.05) is 0 Å². The Bertz CT molecular complexity index is 1190. The fraction of sp³-hybridized carbons (Fsp3) is 0.0769. The van der Waals surface area contributed by atoms with Crippen molar-refractivity contribution in [3.05, 3.63) is 103 Å². The molecule has 0 aliphatic heterocycles. The van der Waals surface area contributed by atoms with Crippen LogP contribution in [0.2, 0.25) is 0 Å². The third kappa shape index (κ3) is 6.20. The summed E-state index contributed by atoms with van der Waals surface area (Å²) in [5.74, 6) is 0.992. The average molecular weight is 452 g/mol. The molecular weight excluding hydrogens is 433 g/mol. The topological polar surface area (TPSA) is 47.9 Å². The van der Waals surface area contributed by atoms with E-state index in [1.54, 1.807) is 36.4 Å². The van der Waals surface area contributed by atoms with E-state index in [1.165, 1.54) is 30.3 Å². The van der Waals surface area contributed by atoms with Gasteiger partial charge in [-0.05, 0) is 65.2 Å². The van der Waals surface area contributed by atoms with Gasteiger partial charge in [0.25, 0.3) is 0 Å². The third-order valence-electron chi connectivity index (χ3n) is 4.68. The lowest BCUT2D eigenvalue weighted by Crippen LogP contribution is -2.16. The van der Waals surface area contributed by atoms with E-state index in [2.05, 4.69) is 4.74 Å². The first-order chi connectivity index (χ1) is 15.9. The van der Waals surface area contributed by atoms with Gasteiger partial charge < -0.3 is 19.3 Å². The molecule has 0 unspecified atom stereocenters. The van der Waals surface area contributed by atoms with Crippen molar-refractivity contribution in [2.24, 2.45) is 0 Å². The van der Waals surface area contributed by atoms with E-state index in [4.69, 9.17) is 9.47 Å². The predicted molar refractivity (Wildman–Crippen MR) is 118 cm³/mol. The van der Waals surface area contributed by atoms with Gasteiger partial charge in [0.2, 0.25) is 0 Å². The Morgan fingerprint density at radius 3 is 1.94 bits per heavy atom. The fourth-order valence-electron chi connectivity index (χ4n) is 3.10. The summed E-state index contributed by atoms with van der Waals surface area (Å²) in [5, 5.41) is 10.2. The Labute approximate surface area is 188 Å². The Morgan fingerprint density at radius 1 is 0.667 bits per heavy atom. The lowest BCUT2D eigenvalue weighted by atomic mass is 10.1. The number of ether oxygens (including phenoxy) is 3. The van der Waals surface area contributed by atoms with E-state index in [0.29, 0.717) is 29.2 Å². The minimum absolute atomic E-state index is 0.0693. The highest BCUT2D eigenvalue weighted by Crippen LogP contribution is 2.36. The molecule has 0 heterocycles. The van der Waals surface area contributed by atoms with Crippen molar-refractivity contribution < 1.29 is 32.5 Å². The molecule has 0 amide bonds. The van der Waals surface area contributed by atoms with Crippen molar-refractivity contribution in [3.8, 4) is 39.9 Å². The molecule has 4 aromatic carbocycles. The number of rotatable bonds is 7. The molecule has 0 radical (unpaired) electrons.